The molecule has 0 aliphatic heterocycles. The molecule has 0 aliphatic rings. The molecule has 0 bridgehead atoms. The van der Waals surface area contributed by atoms with Crippen LogP contribution in [0.2, 0.25) is 5.02 Å². The maximum absolute atomic E-state index is 13.4. The zero-order chi connectivity index (χ0) is 33.7. The first kappa shape index (κ1) is 32.6. The summed E-state index contributed by atoms with van der Waals surface area (Å²) < 4.78 is 52.8. The second kappa shape index (κ2) is 12.4. The van der Waals surface area contributed by atoms with E-state index >= 15 is 0 Å². The van der Waals surface area contributed by atoms with E-state index in [-0.39, 0.29) is 16.8 Å². The Morgan fingerprint density at radius 3 is 2.40 bits per heavy atom. The Kier molecular flexibility index (Phi) is 8.58. The first-order chi connectivity index (χ1) is 22.2. The van der Waals surface area contributed by atoms with E-state index in [0.717, 1.165) is 32.5 Å². The zero-order valence-corrected chi connectivity index (χ0v) is 27.7. The Morgan fingerprint density at radius 1 is 1.00 bits per heavy atom. The van der Waals surface area contributed by atoms with Gasteiger partial charge in [0.15, 0.2) is 6.10 Å². The molecule has 242 valence electrons. The molecule has 12 heteroatoms. The summed E-state index contributed by atoms with van der Waals surface area (Å²) in [6.07, 6.45) is -2.79. The van der Waals surface area contributed by atoms with Crippen LogP contribution in [0, 0.1) is 6.92 Å². The highest BCUT2D eigenvalue weighted by Gasteiger charge is 2.34. The van der Waals surface area contributed by atoms with Gasteiger partial charge in [-0.15, -0.1) is 24.5 Å². The number of nitrogens with zero attached hydrogens (tertiary/aromatic N) is 4. The fourth-order valence-electron chi connectivity index (χ4n) is 5.49. The monoisotopic (exact) mass is 678 g/mol. The number of halogens is 4. The van der Waals surface area contributed by atoms with E-state index in [1.165, 1.54) is 23.6 Å². The SMILES string of the molecule is CCOC(=O)[C@@H](OC(C)(C)C)c1c(C)cc2nc(-c3ccnc(-c4ccc5c(cnn5C(F)(F)F)c4)c3)sc2c1-c1ccc(Cl)cc1. The van der Waals surface area contributed by atoms with Crippen LogP contribution in [0.25, 0.3) is 54.1 Å². The number of alkyl halides is 3. The van der Waals surface area contributed by atoms with Gasteiger partial charge in [0.1, 0.15) is 5.01 Å². The third-order valence-corrected chi connectivity index (χ3v) is 8.80. The van der Waals surface area contributed by atoms with Crippen LogP contribution in [0.15, 0.2) is 73.1 Å². The summed E-state index contributed by atoms with van der Waals surface area (Å²) in [4.78, 5) is 22.9. The molecule has 6 aromatic rings. The normalized spacial score (nSPS) is 13.0. The number of aryl methyl sites for hydroxylation is 1. The first-order valence-corrected chi connectivity index (χ1v) is 16.0. The van der Waals surface area contributed by atoms with Crippen molar-refractivity contribution >= 4 is 50.0 Å². The largest absolute Gasteiger partial charge is 0.505 e. The van der Waals surface area contributed by atoms with Gasteiger partial charge < -0.3 is 9.47 Å². The van der Waals surface area contributed by atoms with E-state index in [4.69, 9.17) is 26.1 Å². The number of benzene rings is 3. The Labute approximate surface area is 277 Å². The number of aromatic nitrogens is 4. The molecule has 0 aliphatic carbocycles. The molecule has 47 heavy (non-hydrogen) atoms. The van der Waals surface area contributed by atoms with Gasteiger partial charge in [-0.1, -0.05) is 29.8 Å². The molecule has 0 saturated carbocycles. The molecule has 3 aromatic heterocycles. The van der Waals surface area contributed by atoms with E-state index in [1.54, 1.807) is 37.4 Å². The molecule has 6 rings (SSSR count). The molecular weight excluding hydrogens is 649 g/mol. The van der Waals surface area contributed by atoms with Gasteiger partial charge in [-0.25, -0.2) is 9.78 Å². The fourth-order valence-corrected chi connectivity index (χ4v) is 6.73. The van der Waals surface area contributed by atoms with Gasteiger partial charge in [0.05, 0.1) is 39.8 Å². The molecule has 0 spiro atoms. The molecule has 7 nitrogen and oxygen atoms in total. The van der Waals surface area contributed by atoms with Crippen molar-refractivity contribution in [3.63, 3.8) is 0 Å². The van der Waals surface area contributed by atoms with Gasteiger partial charge in [0.25, 0.3) is 0 Å². The van der Waals surface area contributed by atoms with Crippen molar-refractivity contribution < 1.29 is 27.4 Å². The van der Waals surface area contributed by atoms with Crippen molar-refractivity contribution in [2.75, 3.05) is 6.61 Å². The summed E-state index contributed by atoms with van der Waals surface area (Å²) >= 11 is 7.72. The highest BCUT2D eigenvalue weighted by Crippen LogP contribution is 2.45. The lowest BCUT2D eigenvalue weighted by Crippen LogP contribution is -2.29. The summed E-state index contributed by atoms with van der Waals surface area (Å²) in [5, 5.41) is 5.13. The molecule has 0 N–H and O–H groups in total. The van der Waals surface area contributed by atoms with Crippen LogP contribution in [-0.2, 0) is 20.6 Å². The number of pyridine rings is 1. The molecule has 3 heterocycles. The van der Waals surface area contributed by atoms with Crippen LogP contribution in [-0.4, -0.2) is 37.9 Å². The third kappa shape index (κ3) is 6.60. The summed E-state index contributed by atoms with van der Waals surface area (Å²) in [5.74, 6) is -0.485. The third-order valence-electron chi connectivity index (χ3n) is 7.41. The molecule has 1 atom stereocenters. The molecule has 0 fully saturated rings. The van der Waals surface area contributed by atoms with E-state index in [2.05, 4.69) is 10.1 Å². The standard InChI is InChI=1S/C35H30ClF3N4O3S/c1-6-45-33(44)30(46-34(3,4)5)28-19(2)15-26-31(29(28)20-7-10-24(36)11-8-20)47-32(42-26)22-13-14-40-25(17-22)21-9-12-27-23(16-21)18-41-43(27)35(37,38)39/h7-18,30H,6H2,1-5H3/t30-/m0/s1. The quantitative estimate of drug-likeness (QED) is 0.156. The van der Waals surface area contributed by atoms with E-state index in [9.17, 15) is 18.0 Å². The van der Waals surface area contributed by atoms with Crippen LogP contribution in [0.5, 0.6) is 0 Å². The van der Waals surface area contributed by atoms with Crippen LogP contribution in [0.4, 0.5) is 13.2 Å². The summed E-state index contributed by atoms with van der Waals surface area (Å²) in [6, 6.07) is 17.6. The second-order valence-corrected chi connectivity index (χ2v) is 13.4. The van der Waals surface area contributed by atoms with Crippen molar-refractivity contribution in [3.8, 4) is 33.0 Å². The van der Waals surface area contributed by atoms with E-state index < -0.39 is 24.0 Å². The lowest BCUT2D eigenvalue weighted by Gasteiger charge is -2.29. The Morgan fingerprint density at radius 2 is 1.72 bits per heavy atom. The van der Waals surface area contributed by atoms with Crippen molar-refractivity contribution in [1.82, 2.24) is 19.7 Å². The van der Waals surface area contributed by atoms with Crippen molar-refractivity contribution in [3.05, 3.63) is 89.2 Å². The number of thiazole rings is 1. The highest BCUT2D eigenvalue weighted by molar-refractivity contribution is 7.22. The summed E-state index contributed by atoms with van der Waals surface area (Å²) in [7, 11) is 0. The van der Waals surface area contributed by atoms with E-state index in [1.807, 2.05) is 58.0 Å². The van der Waals surface area contributed by atoms with Crippen LogP contribution in [0.3, 0.4) is 0 Å². The average molecular weight is 679 g/mol. The summed E-state index contributed by atoms with van der Waals surface area (Å²) in [6.45, 7) is 9.55. The number of fused-ring (bicyclic) bond motifs is 2. The predicted octanol–water partition coefficient (Wildman–Crippen LogP) is 9.90. The van der Waals surface area contributed by atoms with Crippen LogP contribution < -0.4 is 0 Å². The van der Waals surface area contributed by atoms with E-state index in [0.29, 0.717) is 32.2 Å². The maximum Gasteiger partial charge on any atom is 0.505 e. The van der Waals surface area contributed by atoms with Gasteiger partial charge in [0, 0.05) is 38.9 Å². The minimum Gasteiger partial charge on any atom is -0.464 e. The predicted molar refractivity (Wildman–Crippen MR) is 178 cm³/mol. The smallest absolute Gasteiger partial charge is 0.464 e. The lowest BCUT2D eigenvalue weighted by atomic mass is 9.91. The van der Waals surface area contributed by atoms with Gasteiger partial charge in [-0.2, -0.15) is 9.78 Å². The highest BCUT2D eigenvalue weighted by atomic mass is 35.5. The van der Waals surface area contributed by atoms with Gasteiger partial charge in [-0.3, -0.25) is 4.98 Å². The zero-order valence-electron chi connectivity index (χ0n) is 26.1. The van der Waals surface area contributed by atoms with Crippen molar-refractivity contribution in [1.29, 1.82) is 0 Å². The molecule has 0 unspecified atom stereocenters. The Bertz CT molecular complexity index is 2120. The second-order valence-electron chi connectivity index (χ2n) is 11.9. The first-order valence-electron chi connectivity index (χ1n) is 14.8. The molecule has 0 amide bonds. The van der Waals surface area contributed by atoms with Gasteiger partial charge >= 0.3 is 12.3 Å². The number of hydrogen-bond acceptors (Lipinski definition) is 7. The number of esters is 1. The molecular formula is C35H30ClF3N4O3S. The van der Waals surface area contributed by atoms with Gasteiger partial charge in [-0.05, 0) is 88.2 Å². The van der Waals surface area contributed by atoms with Crippen LogP contribution >= 0.6 is 22.9 Å². The topological polar surface area (TPSA) is 79.1 Å². The fraction of sp³-hybridized carbons (Fsp3) is 0.257. The number of carbonyl (C=O) groups is 1. The molecule has 0 radical (unpaired) electrons. The number of carbonyl (C=O) groups excluding carboxylic acids is 1. The minimum absolute atomic E-state index is 0.0407. The number of ether oxygens (including phenoxy) is 2. The number of hydrogen-bond donors (Lipinski definition) is 0. The maximum atomic E-state index is 13.4. The van der Waals surface area contributed by atoms with Crippen LogP contribution in [0.1, 0.15) is 44.9 Å². The Balaban J connectivity index is 1.50. The number of rotatable bonds is 7. The minimum atomic E-state index is -4.62. The Hall–Kier alpha value is -4.32. The van der Waals surface area contributed by atoms with Crippen molar-refractivity contribution in [2.24, 2.45) is 0 Å². The average Bonchev–Trinajstić information content (AvgIpc) is 3.64. The molecule has 0 saturated heterocycles. The van der Waals surface area contributed by atoms with Gasteiger partial charge in [0.2, 0.25) is 0 Å². The van der Waals surface area contributed by atoms with Crippen molar-refractivity contribution in [2.45, 2.75) is 52.6 Å². The molecule has 3 aromatic carbocycles. The lowest BCUT2D eigenvalue weighted by molar-refractivity contribution is -0.209. The summed E-state index contributed by atoms with van der Waals surface area (Å²) in [5.41, 5.74) is 5.14.